The third kappa shape index (κ3) is 9.06. The SMILES string of the molecule is Cl.N=C(N)N1CCC[C@@H](CNC(=O)C[C@H](NS(=O)(=O)c2ccc3ccccc3c2)C(=O)N(CC(=O)N2CCOCC2)C2CC2)C1. The highest BCUT2D eigenvalue weighted by molar-refractivity contribution is 7.89. The number of piperidine rings is 1. The molecule has 45 heavy (non-hydrogen) atoms. The number of fused-ring (bicyclic) bond motifs is 1. The van der Waals surface area contributed by atoms with Gasteiger partial charge in [0.15, 0.2) is 5.96 Å². The van der Waals surface area contributed by atoms with Crippen LogP contribution < -0.4 is 15.8 Å². The van der Waals surface area contributed by atoms with Crippen LogP contribution in [0, 0.1) is 11.3 Å². The first kappa shape index (κ1) is 34.4. The van der Waals surface area contributed by atoms with Gasteiger partial charge < -0.3 is 30.5 Å². The van der Waals surface area contributed by atoms with Crippen molar-refractivity contribution in [1.82, 2.24) is 24.7 Å². The number of amides is 3. The highest BCUT2D eigenvalue weighted by Gasteiger charge is 2.40. The van der Waals surface area contributed by atoms with Crippen molar-refractivity contribution >= 4 is 56.9 Å². The first-order valence-electron chi connectivity index (χ1n) is 15.1. The Morgan fingerprint density at radius 3 is 2.42 bits per heavy atom. The summed E-state index contributed by atoms with van der Waals surface area (Å²) in [5, 5.41) is 12.1. The molecule has 0 unspecified atom stereocenters. The number of hydrogen-bond donors (Lipinski definition) is 4. The number of halogens is 1. The molecule has 5 rings (SSSR count). The second-order valence-corrected chi connectivity index (χ2v) is 13.4. The Balaban J connectivity index is 0.00000461. The molecule has 0 bridgehead atoms. The number of nitrogens with two attached hydrogens (primary N) is 1. The van der Waals surface area contributed by atoms with E-state index in [1.165, 1.54) is 17.0 Å². The van der Waals surface area contributed by atoms with E-state index in [1.807, 2.05) is 18.2 Å². The van der Waals surface area contributed by atoms with Gasteiger partial charge in [-0.05, 0) is 54.5 Å². The van der Waals surface area contributed by atoms with E-state index in [-0.39, 0.29) is 47.7 Å². The molecule has 2 atom stereocenters. The molecule has 2 aliphatic heterocycles. The van der Waals surface area contributed by atoms with Crippen LogP contribution in [0.5, 0.6) is 0 Å². The van der Waals surface area contributed by atoms with E-state index in [2.05, 4.69) is 10.0 Å². The van der Waals surface area contributed by atoms with Gasteiger partial charge in [0, 0.05) is 38.8 Å². The standard InChI is InChI=1S/C30H41N7O6S.ClH/c31-30(32)36-11-3-4-21(19-36)18-33-27(38)17-26(34-44(41,42)25-10-7-22-5-1-2-6-23(22)16-25)29(40)37(24-8-9-24)20-28(39)35-12-14-43-15-13-35;/h1-2,5-7,10,16,21,24,26,34H,3-4,8-9,11-15,17-20H2,(H3,31,32)(H,33,38);1H/t21-,26-;/m0./s1. The molecule has 1 saturated carbocycles. The number of rotatable bonds is 11. The number of hydrogen-bond acceptors (Lipinski definition) is 7. The van der Waals surface area contributed by atoms with Crippen molar-refractivity contribution in [1.29, 1.82) is 5.41 Å². The van der Waals surface area contributed by atoms with Crippen molar-refractivity contribution in [2.75, 3.05) is 52.5 Å². The summed E-state index contributed by atoms with van der Waals surface area (Å²) in [7, 11) is -4.22. The number of sulfonamides is 1. The van der Waals surface area contributed by atoms with Crippen LogP contribution in [-0.4, -0.2) is 111 Å². The second-order valence-electron chi connectivity index (χ2n) is 11.7. The molecular formula is C30H42ClN7O6S. The zero-order valence-electron chi connectivity index (χ0n) is 25.2. The van der Waals surface area contributed by atoms with Crippen molar-refractivity contribution in [2.24, 2.45) is 11.7 Å². The Kier molecular flexibility index (Phi) is 11.6. The fourth-order valence-corrected chi connectivity index (χ4v) is 6.99. The lowest BCUT2D eigenvalue weighted by Gasteiger charge is -2.33. The minimum absolute atomic E-state index is 0. The number of ether oxygens (including phenoxy) is 1. The van der Waals surface area contributed by atoms with Crippen LogP contribution in [-0.2, 0) is 29.1 Å². The average molecular weight is 664 g/mol. The smallest absolute Gasteiger partial charge is 0.242 e. The van der Waals surface area contributed by atoms with Crippen LogP contribution in [0.3, 0.4) is 0 Å². The summed E-state index contributed by atoms with van der Waals surface area (Å²) in [4.78, 5) is 45.1. The highest BCUT2D eigenvalue weighted by atomic mass is 35.5. The van der Waals surface area contributed by atoms with Crippen LogP contribution in [0.15, 0.2) is 47.4 Å². The Labute approximate surface area is 269 Å². The predicted octanol–water partition coefficient (Wildman–Crippen LogP) is 0.870. The molecule has 1 aliphatic carbocycles. The van der Waals surface area contributed by atoms with Crippen molar-refractivity contribution in [2.45, 2.75) is 49.1 Å². The fraction of sp³-hybridized carbons (Fsp3) is 0.533. The maximum Gasteiger partial charge on any atom is 0.242 e. The van der Waals surface area contributed by atoms with E-state index in [9.17, 15) is 22.8 Å². The summed E-state index contributed by atoms with van der Waals surface area (Å²) in [5.74, 6) is -1.27. The summed E-state index contributed by atoms with van der Waals surface area (Å²) in [6.07, 6.45) is 2.66. The Morgan fingerprint density at radius 1 is 1.02 bits per heavy atom. The van der Waals surface area contributed by atoms with Gasteiger partial charge in [-0.1, -0.05) is 30.3 Å². The van der Waals surface area contributed by atoms with Crippen molar-refractivity contribution in [3.63, 3.8) is 0 Å². The van der Waals surface area contributed by atoms with E-state index in [1.54, 1.807) is 21.9 Å². The van der Waals surface area contributed by atoms with Gasteiger partial charge in [-0.3, -0.25) is 19.8 Å². The maximum absolute atomic E-state index is 14.0. The number of nitrogens with one attached hydrogen (secondary N) is 3. The molecule has 13 nitrogen and oxygen atoms in total. The van der Waals surface area contributed by atoms with Gasteiger partial charge in [-0.2, -0.15) is 4.72 Å². The van der Waals surface area contributed by atoms with Crippen LogP contribution >= 0.6 is 12.4 Å². The van der Waals surface area contributed by atoms with Crippen LogP contribution in [0.25, 0.3) is 10.8 Å². The van der Waals surface area contributed by atoms with Crippen LogP contribution in [0.4, 0.5) is 0 Å². The summed E-state index contributed by atoms with van der Waals surface area (Å²) in [6, 6.07) is 10.4. The van der Waals surface area contributed by atoms with E-state index in [0.29, 0.717) is 58.8 Å². The number of likely N-dealkylation sites (tertiary alicyclic amines) is 1. The lowest BCUT2D eigenvalue weighted by molar-refractivity contribution is -0.144. The predicted molar refractivity (Wildman–Crippen MR) is 171 cm³/mol. The normalized spacial score (nSPS) is 19.3. The molecule has 0 aromatic heterocycles. The maximum atomic E-state index is 14.0. The number of carbonyl (C=O) groups is 3. The lowest BCUT2D eigenvalue weighted by atomic mass is 9.98. The van der Waals surface area contributed by atoms with Crippen molar-refractivity contribution in [3.8, 4) is 0 Å². The number of guanidine groups is 1. The third-order valence-corrected chi connectivity index (χ3v) is 9.87. The zero-order valence-corrected chi connectivity index (χ0v) is 26.8. The molecule has 2 saturated heterocycles. The molecule has 0 spiro atoms. The zero-order chi connectivity index (χ0) is 31.3. The molecule has 15 heteroatoms. The van der Waals surface area contributed by atoms with E-state index in [0.717, 1.165) is 23.6 Å². The number of carbonyl (C=O) groups excluding carboxylic acids is 3. The fourth-order valence-electron chi connectivity index (χ4n) is 5.77. The summed E-state index contributed by atoms with van der Waals surface area (Å²) in [5.41, 5.74) is 5.64. The monoisotopic (exact) mass is 663 g/mol. The van der Waals surface area contributed by atoms with E-state index >= 15 is 0 Å². The summed E-state index contributed by atoms with van der Waals surface area (Å²) >= 11 is 0. The largest absolute Gasteiger partial charge is 0.378 e. The number of morpholine rings is 1. The van der Waals surface area contributed by atoms with Crippen molar-refractivity contribution in [3.05, 3.63) is 42.5 Å². The first-order valence-corrected chi connectivity index (χ1v) is 16.6. The average Bonchev–Trinajstić information content (AvgIpc) is 3.87. The van der Waals surface area contributed by atoms with Gasteiger partial charge in [0.25, 0.3) is 0 Å². The highest BCUT2D eigenvalue weighted by Crippen LogP contribution is 2.28. The van der Waals surface area contributed by atoms with Gasteiger partial charge in [0.2, 0.25) is 27.7 Å². The van der Waals surface area contributed by atoms with Crippen LogP contribution in [0.2, 0.25) is 0 Å². The topological polar surface area (TPSA) is 178 Å². The molecule has 246 valence electrons. The van der Waals surface area contributed by atoms with Gasteiger partial charge in [0.1, 0.15) is 12.6 Å². The molecule has 3 amide bonds. The molecule has 2 aromatic carbocycles. The second kappa shape index (κ2) is 15.2. The molecule has 5 N–H and O–H groups in total. The third-order valence-electron chi connectivity index (χ3n) is 8.40. The molecule has 2 heterocycles. The molecular weight excluding hydrogens is 622 g/mol. The van der Waals surface area contributed by atoms with Crippen LogP contribution in [0.1, 0.15) is 32.1 Å². The Hall–Kier alpha value is -3.46. The summed E-state index contributed by atoms with van der Waals surface area (Å²) in [6.45, 7) is 3.03. The minimum atomic E-state index is -4.22. The quantitative estimate of drug-likeness (QED) is 0.202. The molecule has 3 aliphatic rings. The van der Waals surface area contributed by atoms with Crippen molar-refractivity contribution < 1.29 is 27.5 Å². The molecule has 2 aromatic rings. The Bertz CT molecular complexity index is 1500. The molecule has 0 radical (unpaired) electrons. The van der Waals surface area contributed by atoms with Gasteiger partial charge >= 0.3 is 0 Å². The first-order chi connectivity index (χ1) is 21.1. The van der Waals surface area contributed by atoms with E-state index in [4.69, 9.17) is 15.9 Å². The minimum Gasteiger partial charge on any atom is -0.378 e. The lowest BCUT2D eigenvalue weighted by Crippen LogP contribution is -2.54. The molecule has 3 fully saturated rings. The number of nitrogens with zero attached hydrogens (tertiary/aromatic N) is 3. The van der Waals surface area contributed by atoms with Gasteiger partial charge in [-0.15, -0.1) is 12.4 Å². The number of benzene rings is 2. The Morgan fingerprint density at radius 2 is 1.73 bits per heavy atom. The van der Waals surface area contributed by atoms with Gasteiger partial charge in [-0.25, -0.2) is 8.42 Å². The summed E-state index contributed by atoms with van der Waals surface area (Å²) < 4.78 is 35.1. The van der Waals surface area contributed by atoms with E-state index < -0.39 is 34.3 Å². The van der Waals surface area contributed by atoms with Gasteiger partial charge in [0.05, 0.1) is 24.5 Å².